The van der Waals surface area contributed by atoms with Gasteiger partial charge in [0.15, 0.2) is 5.96 Å². The van der Waals surface area contributed by atoms with E-state index in [0.717, 1.165) is 5.56 Å². The molecular weight excluding hydrogens is 296 g/mol. The zero-order valence-electron chi connectivity index (χ0n) is 12.1. The minimum absolute atomic E-state index is 0.0551. The van der Waals surface area contributed by atoms with E-state index in [-0.39, 0.29) is 11.9 Å². The largest absolute Gasteiger partial charge is 0.423 e. The van der Waals surface area contributed by atoms with Crippen LogP contribution in [0, 0.1) is 0 Å². The lowest BCUT2D eigenvalue weighted by Gasteiger charge is -2.06. The molecule has 0 bridgehead atoms. The normalized spacial score (nSPS) is 12.3. The van der Waals surface area contributed by atoms with Crippen LogP contribution in [0.1, 0.15) is 15.9 Å². The Morgan fingerprint density at radius 3 is 2.57 bits per heavy atom. The zero-order valence-corrected chi connectivity index (χ0v) is 12.1. The van der Waals surface area contributed by atoms with E-state index in [9.17, 15) is 9.59 Å². The number of benzene rings is 2. The summed E-state index contributed by atoms with van der Waals surface area (Å²) in [5, 5.41) is 2.71. The Morgan fingerprint density at radius 1 is 1.13 bits per heavy atom. The summed E-state index contributed by atoms with van der Waals surface area (Å²) in [5.41, 5.74) is 13.0. The number of carbonyl (C=O) groups excluding carboxylic acids is 2. The lowest BCUT2D eigenvalue weighted by molar-refractivity contribution is -0.115. The number of guanidine groups is 1. The number of rotatable bonds is 3. The first kappa shape index (κ1) is 14.6. The first-order chi connectivity index (χ1) is 11.0. The highest BCUT2D eigenvalue weighted by Gasteiger charge is 2.18. The number of fused-ring (bicyclic) bond motifs is 1. The molecule has 0 spiro atoms. The summed E-state index contributed by atoms with van der Waals surface area (Å²) in [6.07, 6.45) is 0.343. The van der Waals surface area contributed by atoms with Gasteiger partial charge >= 0.3 is 5.97 Å². The number of anilines is 1. The van der Waals surface area contributed by atoms with Crippen molar-refractivity contribution in [3.8, 4) is 5.75 Å². The number of aliphatic imine (C=N–C) groups is 1. The lowest BCUT2D eigenvalue weighted by atomic mass is 10.1. The molecule has 0 aromatic heterocycles. The Hall–Kier alpha value is -3.35. The van der Waals surface area contributed by atoms with Crippen molar-refractivity contribution in [3.63, 3.8) is 0 Å². The molecule has 0 saturated heterocycles. The molecule has 0 fully saturated rings. The van der Waals surface area contributed by atoms with E-state index in [1.165, 1.54) is 0 Å². The third kappa shape index (κ3) is 3.29. The average molecular weight is 310 g/mol. The van der Waals surface area contributed by atoms with Crippen molar-refractivity contribution in [2.45, 2.75) is 6.42 Å². The van der Waals surface area contributed by atoms with E-state index in [2.05, 4.69) is 10.3 Å². The van der Waals surface area contributed by atoms with Crippen LogP contribution in [0.25, 0.3) is 0 Å². The van der Waals surface area contributed by atoms with Gasteiger partial charge in [0, 0.05) is 11.8 Å². The minimum Gasteiger partial charge on any atom is -0.423 e. The highest BCUT2D eigenvalue weighted by Crippen LogP contribution is 2.28. The number of amides is 1. The summed E-state index contributed by atoms with van der Waals surface area (Å²) in [7, 11) is 0. The molecular formula is C16H14N4O3. The van der Waals surface area contributed by atoms with Gasteiger partial charge in [-0.2, -0.15) is 0 Å². The number of carbonyl (C=O) groups is 2. The first-order valence-corrected chi connectivity index (χ1v) is 6.86. The summed E-state index contributed by atoms with van der Waals surface area (Å²) >= 11 is 0. The van der Waals surface area contributed by atoms with Gasteiger partial charge in [0.05, 0.1) is 17.7 Å². The van der Waals surface area contributed by atoms with Crippen LogP contribution in [0.5, 0.6) is 5.75 Å². The highest BCUT2D eigenvalue weighted by molar-refractivity contribution is 5.99. The molecule has 7 nitrogen and oxygen atoms in total. The second-order valence-corrected chi connectivity index (χ2v) is 5.02. The monoisotopic (exact) mass is 310 g/mol. The van der Waals surface area contributed by atoms with Crippen LogP contribution in [0.15, 0.2) is 47.5 Å². The maximum Gasteiger partial charge on any atom is 0.343 e. The van der Waals surface area contributed by atoms with Crippen molar-refractivity contribution >= 4 is 29.2 Å². The number of ether oxygens (including phenoxy) is 1. The molecule has 1 aliphatic heterocycles. The Morgan fingerprint density at radius 2 is 1.87 bits per heavy atom. The SMILES string of the molecule is NC(N)=Nc1ccc(C(=O)Oc2ccc3c(c2)NC(=O)C3)cc1. The lowest BCUT2D eigenvalue weighted by Crippen LogP contribution is -2.21. The predicted octanol–water partition coefficient (Wildman–Crippen LogP) is 1.31. The smallest absolute Gasteiger partial charge is 0.343 e. The van der Waals surface area contributed by atoms with Crippen LogP contribution in [0.3, 0.4) is 0 Å². The van der Waals surface area contributed by atoms with Crippen LogP contribution in [-0.2, 0) is 11.2 Å². The number of hydrogen-bond donors (Lipinski definition) is 3. The van der Waals surface area contributed by atoms with E-state index in [0.29, 0.717) is 29.1 Å². The van der Waals surface area contributed by atoms with Crippen LogP contribution in [0.2, 0.25) is 0 Å². The molecule has 2 aromatic carbocycles. The molecule has 23 heavy (non-hydrogen) atoms. The summed E-state index contributed by atoms with van der Waals surface area (Å²) in [6.45, 7) is 0. The van der Waals surface area contributed by atoms with Crippen molar-refractivity contribution < 1.29 is 14.3 Å². The Bertz CT molecular complexity index is 809. The second-order valence-electron chi connectivity index (χ2n) is 5.02. The number of nitrogens with zero attached hydrogens (tertiary/aromatic N) is 1. The molecule has 0 radical (unpaired) electrons. The topological polar surface area (TPSA) is 120 Å². The van der Waals surface area contributed by atoms with E-state index >= 15 is 0 Å². The molecule has 1 heterocycles. The van der Waals surface area contributed by atoms with Crippen molar-refractivity contribution in [2.75, 3.05) is 5.32 Å². The molecule has 1 aliphatic rings. The van der Waals surface area contributed by atoms with Gasteiger partial charge in [0.2, 0.25) is 5.91 Å². The summed E-state index contributed by atoms with van der Waals surface area (Å²) < 4.78 is 5.31. The number of nitrogens with one attached hydrogen (secondary N) is 1. The van der Waals surface area contributed by atoms with E-state index in [4.69, 9.17) is 16.2 Å². The molecule has 3 rings (SSSR count). The fourth-order valence-corrected chi connectivity index (χ4v) is 2.24. The third-order valence-electron chi connectivity index (χ3n) is 3.28. The summed E-state index contributed by atoms with van der Waals surface area (Å²) in [4.78, 5) is 27.3. The number of hydrogen-bond acceptors (Lipinski definition) is 4. The van der Waals surface area contributed by atoms with Gasteiger partial charge in [-0.1, -0.05) is 6.07 Å². The van der Waals surface area contributed by atoms with Gasteiger partial charge in [-0.25, -0.2) is 9.79 Å². The maximum absolute atomic E-state index is 12.1. The second kappa shape index (κ2) is 5.80. The van der Waals surface area contributed by atoms with Gasteiger partial charge in [0.25, 0.3) is 0 Å². The molecule has 2 aromatic rings. The van der Waals surface area contributed by atoms with Gasteiger partial charge in [-0.3, -0.25) is 4.79 Å². The van der Waals surface area contributed by atoms with Crippen molar-refractivity contribution in [1.82, 2.24) is 0 Å². The number of esters is 1. The van der Waals surface area contributed by atoms with Gasteiger partial charge < -0.3 is 21.5 Å². The fourth-order valence-electron chi connectivity index (χ4n) is 2.24. The molecule has 0 saturated carbocycles. The van der Waals surface area contributed by atoms with Gasteiger partial charge in [-0.15, -0.1) is 0 Å². The van der Waals surface area contributed by atoms with Crippen LogP contribution < -0.4 is 21.5 Å². The molecule has 7 heteroatoms. The Balaban J connectivity index is 1.73. The standard InChI is InChI=1S/C16H14N4O3/c17-16(18)19-11-4-1-9(2-5-11)15(22)23-12-6-3-10-7-14(21)20-13(10)8-12/h1-6,8H,7H2,(H,20,21)(H4,17,18,19). The quantitative estimate of drug-likeness (QED) is 0.342. The van der Waals surface area contributed by atoms with E-state index < -0.39 is 5.97 Å². The van der Waals surface area contributed by atoms with E-state index in [1.54, 1.807) is 42.5 Å². The Labute approximate surface area is 132 Å². The van der Waals surface area contributed by atoms with Crippen LogP contribution in [-0.4, -0.2) is 17.8 Å². The van der Waals surface area contributed by atoms with Crippen molar-refractivity contribution in [3.05, 3.63) is 53.6 Å². The Kier molecular flexibility index (Phi) is 3.68. The van der Waals surface area contributed by atoms with Gasteiger partial charge in [-0.05, 0) is 35.9 Å². The summed E-state index contributed by atoms with van der Waals surface area (Å²) in [6, 6.07) is 11.4. The maximum atomic E-state index is 12.1. The van der Waals surface area contributed by atoms with Crippen molar-refractivity contribution in [2.24, 2.45) is 16.5 Å². The third-order valence-corrected chi connectivity index (χ3v) is 3.28. The molecule has 116 valence electrons. The van der Waals surface area contributed by atoms with E-state index in [1.807, 2.05) is 0 Å². The molecule has 5 N–H and O–H groups in total. The first-order valence-electron chi connectivity index (χ1n) is 6.86. The molecule has 0 aliphatic carbocycles. The molecule has 0 unspecified atom stereocenters. The van der Waals surface area contributed by atoms with Crippen molar-refractivity contribution in [1.29, 1.82) is 0 Å². The van der Waals surface area contributed by atoms with Crippen LogP contribution in [0.4, 0.5) is 11.4 Å². The average Bonchev–Trinajstić information content (AvgIpc) is 2.86. The fraction of sp³-hybridized carbons (Fsp3) is 0.0625. The predicted molar refractivity (Wildman–Crippen MR) is 85.6 cm³/mol. The summed E-state index contributed by atoms with van der Waals surface area (Å²) in [5.74, 6) is -0.269. The van der Waals surface area contributed by atoms with Crippen LogP contribution >= 0.6 is 0 Å². The van der Waals surface area contributed by atoms with Gasteiger partial charge in [0.1, 0.15) is 5.75 Å². The highest BCUT2D eigenvalue weighted by atomic mass is 16.5. The molecule has 1 amide bonds. The number of nitrogens with two attached hydrogens (primary N) is 2. The minimum atomic E-state index is -0.509. The molecule has 0 atom stereocenters. The zero-order chi connectivity index (χ0) is 16.4.